The molecule has 0 unspecified atom stereocenters. The van der Waals surface area contributed by atoms with Crippen LogP contribution in [0.15, 0.2) is 18.2 Å². The van der Waals surface area contributed by atoms with Gasteiger partial charge in [-0.2, -0.15) is 11.8 Å². The summed E-state index contributed by atoms with van der Waals surface area (Å²) < 4.78 is 0.311. The van der Waals surface area contributed by atoms with Gasteiger partial charge in [-0.15, -0.1) is 0 Å². The van der Waals surface area contributed by atoms with E-state index in [0.717, 1.165) is 24.7 Å². The lowest BCUT2D eigenvalue weighted by Gasteiger charge is -2.39. The van der Waals surface area contributed by atoms with Gasteiger partial charge in [0.15, 0.2) is 0 Å². The van der Waals surface area contributed by atoms with Crippen LogP contribution in [0.25, 0.3) is 0 Å². The third-order valence-electron chi connectivity index (χ3n) is 3.16. The van der Waals surface area contributed by atoms with Gasteiger partial charge in [0, 0.05) is 30.1 Å². The van der Waals surface area contributed by atoms with Crippen molar-refractivity contribution < 1.29 is 0 Å². The first-order valence-corrected chi connectivity index (χ1v) is 7.70. The SMILES string of the molecule is CNCc1ccc(N2CCSC(C)(C)C2)c(Cl)c1. The highest BCUT2D eigenvalue weighted by Crippen LogP contribution is 2.35. The Balaban J connectivity index is 2.18. The van der Waals surface area contributed by atoms with Gasteiger partial charge in [0.2, 0.25) is 0 Å². The fraction of sp³-hybridized carbons (Fsp3) is 0.571. The van der Waals surface area contributed by atoms with E-state index < -0.39 is 0 Å². The number of halogens is 1. The minimum absolute atomic E-state index is 0.311. The van der Waals surface area contributed by atoms with E-state index >= 15 is 0 Å². The van der Waals surface area contributed by atoms with Crippen molar-refractivity contribution in [1.29, 1.82) is 0 Å². The zero-order valence-electron chi connectivity index (χ0n) is 11.3. The Morgan fingerprint density at radius 1 is 1.44 bits per heavy atom. The van der Waals surface area contributed by atoms with Crippen molar-refractivity contribution in [3.05, 3.63) is 28.8 Å². The summed E-state index contributed by atoms with van der Waals surface area (Å²) in [5.74, 6) is 1.17. The molecule has 1 aromatic carbocycles. The van der Waals surface area contributed by atoms with Crippen molar-refractivity contribution in [3.63, 3.8) is 0 Å². The van der Waals surface area contributed by atoms with E-state index in [0.29, 0.717) is 4.75 Å². The molecule has 1 fully saturated rings. The van der Waals surface area contributed by atoms with E-state index in [1.807, 2.05) is 18.8 Å². The molecule has 1 heterocycles. The summed E-state index contributed by atoms with van der Waals surface area (Å²) in [6.45, 7) is 7.60. The van der Waals surface area contributed by atoms with Crippen molar-refractivity contribution in [3.8, 4) is 0 Å². The zero-order valence-corrected chi connectivity index (χ0v) is 12.9. The van der Waals surface area contributed by atoms with Gasteiger partial charge in [-0.25, -0.2) is 0 Å². The maximum absolute atomic E-state index is 6.42. The molecule has 100 valence electrons. The molecule has 0 atom stereocenters. The van der Waals surface area contributed by atoms with Crippen LogP contribution in [0.2, 0.25) is 5.02 Å². The average Bonchev–Trinajstić information content (AvgIpc) is 2.28. The van der Waals surface area contributed by atoms with E-state index in [9.17, 15) is 0 Å². The van der Waals surface area contributed by atoms with Gasteiger partial charge < -0.3 is 10.2 Å². The number of hydrogen-bond donors (Lipinski definition) is 1. The van der Waals surface area contributed by atoms with Gasteiger partial charge in [-0.3, -0.25) is 0 Å². The number of hydrogen-bond acceptors (Lipinski definition) is 3. The maximum atomic E-state index is 6.42. The monoisotopic (exact) mass is 284 g/mol. The molecular weight excluding hydrogens is 264 g/mol. The molecular formula is C14H21ClN2S. The molecule has 1 aromatic rings. The molecule has 2 rings (SSSR count). The van der Waals surface area contributed by atoms with Crippen molar-refractivity contribution in [2.75, 3.05) is 30.8 Å². The molecule has 1 N–H and O–H groups in total. The fourth-order valence-electron chi connectivity index (χ4n) is 2.34. The lowest BCUT2D eigenvalue weighted by molar-refractivity contribution is 0.647. The number of benzene rings is 1. The molecule has 0 aromatic heterocycles. The molecule has 0 saturated carbocycles. The van der Waals surface area contributed by atoms with Crippen LogP contribution in [-0.2, 0) is 6.54 Å². The lowest BCUT2D eigenvalue weighted by atomic mass is 10.1. The summed E-state index contributed by atoms with van der Waals surface area (Å²) in [5.41, 5.74) is 2.40. The van der Waals surface area contributed by atoms with Crippen LogP contribution in [0.1, 0.15) is 19.4 Å². The van der Waals surface area contributed by atoms with Gasteiger partial charge in [0.05, 0.1) is 10.7 Å². The topological polar surface area (TPSA) is 15.3 Å². The molecule has 0 bridgehead atoms. The molecule has 2 nitrogen and oxygen atoms in total. The second-order valence-electron chi connectivity index (χ2n) is 5.35. The average molecular weight is 285 g/mol. The highest BCUT2D eigenvalue weighted by Gasteiger charge is 2.27. The van der Waals surface area contributed by atoms with Crippen LogP contribution in [-0.4, -0.2) is 30.6 Å². The Kier molecular flexibility index (Phi) is 4.46. The quantitative estimate of drug-likeness (QED) is 0.916. The van der Waals surface area contributed by atoms with Gasteiger partial charge in [0.25, 0.3) is 0 Å². The van der Waals surface area contributed by atoms with E-state index in [1.54, 1.807) is 0 Å². The standard InChI is InChI=1S/C14H21ClN2S/c1-14(2)10-17(6-7-18-14)13-5-4-11(9-16-3)8-12(13)15/h4-5,8,16H,6-7,9-10H2,1-3H3. The minimum atomic E-state index is 0.311. The Labute approximate surface area is 119 Å². The first-order valence-electron chi connectivity index (χ1n) is 6.34. The zero-order chi connectivity index (χ0) is 13.2. The second kappa shape index (κ2) is 5.72. The third-order valence-corrected chi connectivity index (χ3v) is 4.76. The summed E-state index contributed by atoms with van der Waals surface area (Å²) in [4.78, 5) is 2.40. The molecule has 1 saturated heterocycles. The molecule has 0 amide bonds. The highest BCUT2D eigenvalue weighted by molar-refractivity contribution is 8.00. The number of nitrogens with zero attached hydrogens (tertiary/aromatic N) is 1. The summed E-state index contributed by atoms with van der Waals surface area (Å²) in [6.07, 6.45) is 0. The largest absolute Gasteiger partial charge is 0.368 e. The Morgan fingerprint density at radius 2 is 2.22 bits per heavy atom. The normalized spacial score (nSPS) is 19.0. The van der Waals surface area contributed by atoms with Crippen molar-refractivity contribution in [2.45, 2.75) is 25.1 Å². The van der Waals surface area contributed by atoms with Gasteiger partial charge in [0.1, 0.15) is 0 Å². The summed E-state index contributed by atoms with van der Waals surface area (Å²) in [6, 6.07) is 6.38. The lowest BCUT2D eigenvalue weighted by Crippen LogP contribution is -2.43. The van der Waals surface area contributed by atoms with Crippen LogP contribution < -0.4 is 10.2 Å². The Bertz CT molecular complexity index is 420. The molecule has 18 heavy (non-hydrogen) atoms. The molecule has 1 aliphatic heterocycles. The fourth-order valence-corrected chi connectivity index (χ4v) is 3.78. The first kappa shape index (κ1) is 14.0. The number of rotatable bonds is 3. The van der Waals surface area contributed by atoms with Gasteiger partial charge in [-0.05, 0) is 38.6 Å². The van der Waals surface area contributed by atoms with Crippen LogP contribution in [0.5, 0.6) is 0 Å². The smallest absolute Gasteiger partial charge is 0.0642 e. The first-order chi connectivity index (χ1) is 8.52. The van der Waals surface area contributed by atoms with Gasteiger partial charge >= 0.3 is 0 Å². The van der Waals surface area contributed by atoms with Crippen LogP contribution in [0, 0.1) is 0 Å². The maximum Gasteiger partial charge on any atom is 0.0642 e. The van der Waals surface area contributed by atoms with Crippen molar-refractivity contribution in [2.24, 2.45) is 0 Å². The van der Waals surface area contributed by atoms with E-state index in [-0.39, 0.29) is 0 Å². The molecule has 0 spiro atoms. The number of nitrogens with one attached hydrogen (secondary N) is 1. The van der Waals surface area contributed by atoms with Gasteiger partial charge in [-0.1, -0.05) is 17.7 Å². The summed E-state index contributed by atoms with van der Waals surface area (Å²) >= 11 is 8.46. The second-order valence-corrected chi connectivity index (χ2v) is 7.56. The van der Waals surface area contributed by atoms with Crippen LogP contribution >= 0.6 is 23.4 Å². The summed E-state index contributed by atoms with van der Waals surface area (Å²) in [5, 5.41) is 4.01. The third kappa shape index (κ3) is 3.34. The van der Waals surface area contributed by atoms with E-state index in [1.165, 1.54) is 17.0 Å². The van der Waals surface area contributed by atoms with Crippen LogP contribution in [0.3, 0.4) is 0 Å². The molecule has 0 radical (unpaired) electrons. The molecule has 0 aliphatic carbocycles. The van der Waals surface area contributed by atoms with E-state index in [4.69, 9.17) is 11.6 Å². The predicted molar refractivity (Wildman–Crippen MR) is 83.0 cm³/mol. The van der Waals surface area contributed by atoms with Crippen molar-refractivity contribution >= 4 is 29.1 Å². The van der Waals surface area contributed by atoms with Crippen molar-refractivity contribution in [1.82, 2.24) is 5.32 Å². The Hall–Kier alpha value is -0.380. The van der Waals surface area contributed by atoms with E-state index in [2.05, 4.69) is 42.3 Å². The predicted octanol–water partition coefficient (Wildman–Crippen LogP) is 3.39. The molecule has 1 aliphatic rings. The molecule has 4 heteroatoms. The number of anilines is 1. The summed E-state index contributed by atoms with van der Waals surface area (Å²) in [7, 11) is 1.95. The minimum Gasteiger partial charge on any atom is -0.368 e. The Morgan fingerprint density at radius 3 is 2.83 bits per heavy atom. The van der Waals surface area contributed by atoms with Crippen LogP contribution in [0.4, 0.5) is 5.69 Å². The highest BCUT2D eigenvalue weighted by atomic mass is 35.5. The number of thioether (sulfide) groups is 1.